The van der Waals surface area contributed by atoms with Crippen LogP contribution in [-0.2, 0) is 15.7 Å². The summed E-state index contributed by atoms with van der Waals surface area (Å²) in [5, 5.41) is 6.07. The number of nitrogens with zero attached hydrogens (tertiary/aromatic N) is 2. The van der Waals surface area contributed by atoms with Crippen molar-refractivity contribution < 1.29 is 32.3 Å². The van der Waals surface area contributed by atoms with Crippen LogP contribution in [0.3, 0.4) is 0 Å². The molecule has 45 heavy (non-hydrogen) atoms. The molecular formula is C31H33ClF3N5O4S. The molecule has 2 fully saturated rings. The molecule has 1 aromatic heterocycles. The lowest BCUT2D eigenvalue weighted by Gasteiger charge is -2.32. The van der Waals surface area contributed by atoms with Gasteiger partial charge in [-0.05, 0) is 73.1 Å². The van der Waals surface area contributed by atoms with Crippen LogP contribution >= 0.6 is 23.1 Å². The van der Waals surface area contributed by atoms with Crippen molar-refractivity contribution >= 4 is 52.2 Å². The van der Waals surface area contributed by atoms with E-state index in [9.17, 15) is 27.6 Å². The zero-order chi connectivity index (χ0) is 32.1. The monoisotopic (exact) mass is 663 g/mol. The summed E-state index contributed by atoms with van der Waals surface area (Å²) >= 11 is 6.75. The maximum atomic E-state index is 14.4. The van der Waals surface area contributed by atoms with Gasteiger partial charge in [-0.1, -0.05) is 49.1 Å². The highest BCUT2D eigenvalue weighted by Crippen LogP contribution is 2.37. The number of carbonyl (C=O) groups excluding carboxylic acids is 3. The summed E-state index contributed by atoms with van der Waals surface area (Å²) in [5.74, 6) is -2.09. The largest absolute Gasteiger partial charge is 0.416 e. The number of anilines is 2. The number of hydrogen-bond acceptors (Lipinski definition) is 7. The molecule has 1 aliphatic carbocycles. The van der Waals surface area contributed by atoms with Crippen molar-refractivity contribution in [2.24, 2.45) is 0 Å². The third-order valence-corrected chi connectivity index (χ3v) is 9.07. The Hall–Kier alpha value is -3.68. The average Bonchev–Trinajstić information content (AvgIpc) is 3.69. The highest BCUT2D eigenvalue weighted by atomic mass is 35.5. The maximum Gasteiger partial charge on any atom is 0.416 e. The molecule has 5 rings (SSSR count). The van der Waals surface area contributed by atoms with Crippen molar-refractivity contribution in [2.75, 3.05) is 23.8 Å². The van der Waals surface area contributed by atoms with E-state index in [2.05, 4.69) is 15.0 Å². The van der Waals surface area contributed by atoms with Crippen molar-refractivity contribution in [1.29, 1.82) is 0 Å². The van der Waals surface area contributed by atoms with Gasteiger partial charge in [0, 0.05) is 29.9 Å². The lowest BCUT2D eigenvalue weighted by atomic mass is 9.95. The number of aromatic nitrogens is 1. The summed E-state index contributed by atoms with van der Waals surface area (Å²) in [6.45, 7) is 0.693. The second-order valence-corrected chi connectivity index (χ2v) is 12.3. The summed E-state index contributed by atoms with van der Waals surface area (Å²) in [6, 6.07) is 8.70. The zero-order valence-electron chi connectivity index (χ0n) is 24.2. The smallest absolute Gasteiger partial charge is 0.395 e. The van der Waals surface area contributed by atoms with E-state index in [0.717, 1.165) is 68.0 Å². The Kier molecular flexibility index (Phi) is 10.3. The number of benzene rings is 2. The number of nitrogens with two attached hydrogens (primary N) is 1. The summed E-state index contributed by atoms with van der Waals surface area (Å²) < 4.78 is 51.3. The number of ether oxygens (including phenoxy) is 1. The normalized spacial score (nSPS) is 17.9. The van der Waals surface area contributed by atoms with Crippen molar-refractivity contribution in [3.8, 4) is 0 Å². The number of nitrogen functional groups attached to an aromatic ring is 1. The Labute approximate surface area is 267 Å². The first-order chi connectivity index (χ1) is 21.5. The van der Waals surface area contributed by atoms with Crippen LogP contribution in [-0.4, -0.2) is 47.4 Å². The first-order valence-corrected chi connectivity index (χ1v) is 15.9. The highest BCUT2D eigenvalue weighted by molar-refractivity contribution is 7.09. The van der Waals surface area contributed by atoms with Crippen molar-refractivity contribution in [1.82, 2.24) is 15.0 Å². The van der Waals surface area contributed by atoms with E-state index in [4.69, 9.17) is 22.1 Å². The second-order valence-electron chi connectivity index (χ2n) is 11.1. The molecule has 3 aromatic rings. The van der Waals surface area contributed by atoms with Gasteiger partial charge in [0.1, 0.15) is 10.9 Å². The fourth-order valence-corrected chi connectivity index (χ4v) is 6.48. The molecule has 14 heteroatoms. The Morgan fingerprint density at radius 1 is 1.07 bits per heavy atom. The number of alkyl halides is 3. The summed E-state index contributed by atoms with van der Waals surface area (Å²) in [5.41, 5.74) is 5.02. The van der Waals surface area contributed by atoms with E-state index in [-0.39, 0.29) is 46.2 Å². The molecule has 3 amide bonds. The Morgan fingerprint density at radius 3 is 2.47 bits per heavy atom. The standard InChI is InChI=1S/C31H33ClF3N5O4S/c32-20-13-11-18(12-14-20)26(29(42)37-17-23-10-5-15-44-23)40(22-9-4-6-19(16-22)31(33,34)35)30(43)27-24(36)25(39-45-27)28(41)38-21-7-2-1-3-8-21/h4,6,9,11-14,16,21,23,26H,1-3,5,7-8,10,15,17,36H2,(H,37,42)(H,38,41)/t23-,26-/m0/s1. The topological polar surface area (TPSA) is 127 Å². The van der Waals surface area contributed by atoms with Crippen LogP contribution in [0.5, 0.6) is 0 Å². The number of rotatable bonds is 9. The van der Waals surface area contributed by atoms with Crippen LogP contribution in [0.2, 0.25) is 5.02 Å². The number of halogens is 4. The number of amides is 3. The van der Waals surface area contributed by atoms with Gasteiger partial charge >= 0.3 is 6.18 Å². The molecule has 2 aromatic carbocycles. The molecule has 1 saturated heterocycles. The molecule has 0 unspecified atom stereocenters. The van der Waals surface area contributed by atoms with E-state index in [1.165, 1.54) is 30.3 Å². The van der Waals surface area contributed by atoms with Crippen molar-refractivity contribution in [3.63, 3.8) is 0 Å². The second kappa shape index (κ2) is 14.2. The minimum absolute atomic E-state index is 0.0464. The maximum absolute atomic E-state index is 14.4. The Bertz CT molecular complexity index is 1520. The lowest BCUT2D eigenvalue weighted by Crippen LogP contribution is -2.45. The van der Waals surface area contributed by atoms with E-state index >= 15 is 0 Å². The Balaban J connectivity index is 1.55. The predicted octanol–water partition coefficient (Wildman–Crippen LogP) is 6.14. The van der Waals surface area contributed by atoms with Crippen LogP contribution in [0, 0.1) is 0 Å². The number of nitrogens with one attached hydrogen (secondary N) is 2. The van der Waals surface area contributed by atoms with Gasteiger partial charge in [-0.2, -0.15) is 17.5 Å². The number of hydrogen-bond donors (Lipinski definition) is 3. The molecule has 0 radical (unpaired) electrons. The molecule has 0 bridgehead atoms. The van der Waals surface area contributed by atoms with Gasteiger partial charge in [0.25, 0.3) is 11.8 Å². The molecule has 2 aliphatic rings. The molecular weight excluding hydrogens is 631 g/mol. The molecule has 2 atom stereocenters. The van der Waals surface area contributed by atoms with Gasteiger partial charge in [0.15, 0.2) is 5.69 Å². The third kappa shape index (κ3) is 7.77. The van der Waals surface area contributed by atoms with Crippen LogP contribution in [0.15, 0.2) is 48.5 Å². The molecule has 0 spiro atoms. The highest BCUT2D eigenvalue weighted by Gasteiger charge is 2.38. The van der Waals surface area contributed by atoms with E-state index in [0.29, 0.717) is 23.2 Å². The van der Waals surface area contributed by atoms with Gasteiger partial charge in [-0.3, -0.25) is 19.3 Å². The van der Waals surface area contributed by atoms with Crippen LogP contribution in [0.4, 0.5) is 24.5 Å². The average molecular weight is 664 g/mol. The molecule has 4 N–H and O–H groups in total. The summed E-state index contributed by atoms with van der Waals surface area (Å²) in [6.07, 6.45) is 1.27. The summed E-state index contributed by atoms with van der Waals surface area (Å²) in [4.78, 5) is 42.1. The first kappa shape index (κ1) is 32.7. The predicted molar refractivity (Wildman–Crippen MR) is 165 cm³/mol. The van der Waals surface area contributed by atoms with E-state index in [1.807, 2.05) is 0 Å². The molecule has 9 nitrogen and oxygen atoms in total. The van der Waals surface area contributed by atoms with Crippen LogP contribution in [0.1, 0.15) is 82.3 Å². The zero-order valence-corrected chi connectivity index (χ0v) is 25.8. The minimum atomic E-state index is -4.73. The number of carbonyl (C=O) groups is 3. The summed E-state index contributed by atoms with van der Waals surface area (Å²) in [7, 11) is 0. The SMILES string of the molecule is Nc1c(C(=O)NC2CCCCC2)nsc1C(=O)N(c1cccc(C(F)(F)F)c1)[C@H](C(=O)NC[C@@H]1CCCO1)c1ccc(Cl)cc1. The lowest BCUT2D eigenvalue weighted by molar-refractivity contribution is -0.137. The molecule has 240 valence electrons. The minimum Gasteiger partial charge on any atom is -0.395 e. The molecule has 1 saturated carbocycles. The van der Waals surface area contributed by atoms with Crippen molar-refractivity contribution in [2.45, 2.75) is 69.3 Å². The Morgan fingerprint density at radius 2 is 1.80 bits per heavy atom. The fraction of sp³-hybridized carbons (Fsp3) is 0.419. The van der Waals surface area contributed by atoms with Gasteiger partial charge in [0.05, 0.1) is 17.4 Å². The van der Waals surface area contributed by atoms with Gasteiger partial charge in [-0.15, -0.1) is 0 Å². The third-order valence-electron chi connectivity index (χ3n) is 7.97. The van der Waals surface area contributed by atoms with E-state index in [1.54, 1.807) is 0 Å². The van der Waals surface area contributed by atoms with E-state index < -0.39 is 35.5 Å². The quantitative estimate of drug-likeness (QED) is 0.252. The van der Waals surface area contributed by atoms with Gasteiger partial charge in [0.2, 0.25) is 5.91 Å². The van der Waals surface area contributed by atoms with Gasteiger partial charge in [-0.25, -0.2) is 0 Å². The molecule has 2 heterocycles. The van der Waals surface area contributed by atoms with Crippen LogP contribution < -0.4 is 21.3 Å². The van der Waals surface area contributed by atoms with Gasteiger partial charge < -0.3 is 21.1 Å². The first-order valence-electron chi connectivity index (χ1n) is 14.7. The fourth-order valence-electron chi connectivity index (χ4n) is 5.62. The van der Waals surface area contributed by atoms with Crippen LogP contribution in [0.25, 0.3) is 0 Å². The molecule has 1 aliphatic heterocycles. The van der Waals surface area contributed by atoms with Crippen molar-refractivity contribution in [3.05, 3.63) is 75.3 Å².